The summed E-state index contributed by atoms with van der Waals surface area (Å²) in [6.45, 7) is 3.92. The highest BCUT2D eigenvalue weighted by atomic mass is 16.1. The average Bonchev–Trinajstić information content (AvgIpc) is 2.86. The largest absolute Gasteiger partial charge is 0.340 e. The number of hydrogen-bond acceptors (Lipinski definition) is 5. The first kappa shape index (κ1) is 22.1. The molecule has 0 radical (unpaired) electrons. The van der Waals surface area contributed by atoms with Crippen molar-refractivity contribution in [2.45, 2.75) is 13.8 Å². The lowest BCUT2D eigenvalue weighted by atomic mass is 10.0. The molecule has 1 amide bonds. The Morgan fingerprint density at radius 1 is 0.657 bits per heavy atom. The molecule has 5 rings (SSSR count). The molecule has 0 unspecified atom stereocenters. The molecule has 6 nitrogen and oxygen atoms in total. The van der Waals surface area contributed by atoms with Crippen LogP contribution in [0.1, 0.15) is 21.7 Å². The highest BCUT2D eigenvalue weighted by Crippen LogP contribution is 2.23. The van der Waals surface area contributed by atoms with Crippen molar-refractivity contribution in [1.29, 1.82) is 0 Å². The number of anilines is 5. The van der Waals surface area contributed by atoms with Gasteiger partial charge in [-0.1, -0.05) is 54.1 Å². The van der Waals surface area contributed by atoms with Crippen molar-refractivity contribution < 1.29 is 4.79 Å². The number of aromatic nitrogens is 2. The Morgan fingerprint density at radius 3 is 1.91 bits per heavy atom. The van der Waals surface area contributed by atoms with Gasteiger partial charge in [0.15, 0.2) is 0 Å². The molecule has 0 atom stereocenters. The smallest absolute Gasteiger partial charge is 0.256 e. The van der Waals surface area contributed by atoms with Crippen molar-refractivity contribution in [1.82, 2.24) is 9.97 Å². The number of nitrogens with one attached hydrogen (secondary N) is 3. The Balaban J connectivity index is 1.28. The molecule has 172 valence electrons. The summed E-state index contributed by atoms with van der Waals surface area (Å²) in [5.41, 5.74) is 4.39. The molecule has 0 bridgehead atoms. The first-order chi connectivity index (χ1) is 17.0. The fourth-order valence-electron chi connectivity index (χ4n) is 3.89. The van der Waals surface area contributed by atoms with Gasteiger partial charge in [0.25, 0.3) is 5.91 Å². The number of hydrogen-bond donors (Lipinski definition) is 3. The highest BCUT2D eigenvalue weighted by molar-refractivity contribution is 6.12. The van der Waals surface area contributed by atoms with Crippen LogP contribution in [0.2, 0.25) is 0 Å². The van der Waals surface area contributed by atoms with Crippen LogP contribution in [0.3, 0.4) is 0 Å². The molecular weight excluding hydrogens is 434 g/mol. The first-order valence-electron chi connectivity index (χ1n) is 11.4. The van der Waals surface area contributed by atoms with Crippen molar-refractivity contribution in [2.75, 3.05) is 16.0 Å². The van der Waals surface area contributed by atoms with Crippen LogP contribution in [-0.2, 0) is 0 Å². The number of carbonyl (C=O) groups excluding carboxylic acids is 1. The first-order valence-corrected chi connectivity index (χ1v) is 11.4. The van der Waals surface area contributed by atoms with E-state index in [1.807, 2.05) is 91.9 Å². The molecule has 4 aromatic carbocycles. The number of amides is 1. The van der Waals surface area contributed by atoms with Crippen LogP contribution in [0.4, 0.5) is 28.7 Å². The van der Waals surface area contributed by atoms with Gasteiger partial charge in [0.2, 0.25) is 0 Å². The molecule has 0 saturated heterocycles. The average molecular weight is 460 g/mol. The molecule has 3 N–H and O–H groups in total. The molecule has 0 saturated carbocycles. The molecule has 35 heavy (non-hydrogen) atoms. The number of rotatable bonds is 6. The van der Waals surface area contributed by atoms with Crippen LogP contribution in [0.5, 0.6) is 0 Å². The third kappa shape index (κ3) is 5.28. The zero-order valence-electron chi connectivity index (χ0n) is 19.5. The maximum Gasteiger partial charge on any atom is 0.256 e. The van der Waals surface area contributed by atoms with Crippen molar-refractivity contribution >= 4 is 45.4 Å². The van der Waals surface area contributed by atoms with Gasteiger partial charge in [-0.25, -0.2) is 9.97 Å². The summed E-state index contributed by atoms with van der Waals surface area (Å²) in [5.74, 6) is 1.91. The van der Waals surface area contributed by atoms with E-state index in [9.17, 15) is 4.79 Å². The SMILES string of the molecule is Cc1ccc(Nc2cc(Nc3ccc(NC(=O)c4cccc5ccccc45)cc3)nc(C)n2)cc1. The van der Waals surface area contributed by atoms with E-state index in [0.29, 0.717) is 28.7 Å². The Labute approximate surface area is 204 Å². The highest BCUT2D eigenvalue weighted by Gasteiger charge is 2.10. The minimum absolute atomic E-state index is 0.138. The summed E-state index contributed by atoms with van der Waals surface area (Å²) >= 11 is 0. The molecule has 0 aliphatic rings. The normalized spacial score (nSPS) is 10.7. The Morgan fingerprint density at radius 2 is 1.23 bits per heavy atom. The summed E-state index contributed by atoms with van der Waals surface area (Å²) in [6, 6.07) is 31.2. The van der Waals surface area contributed by atoms with E-state index >= 15 is 0 Å². The minimum atomic E-state index is -0.138. The third-order valence-electron chi connectivity index (χ3n) is 5.61. The molecule has 0 fully saturated rings. The molecular formula is C29H25N5O. The van der Waals surface area contributed by atoms with Gasteiger partial charge in [-0.05, 0) is 67.1 Å². The van der Waals surface area contributed by atoms with Crippen LogP contribution in [0, 0.1) is 13.8 Å². The Kier molecular flexibility index (Phi) is 6.09. The lowest BCUT2D eigenvalue weighted by Gasteiger charge is -2.12. The van der Waals surface area contributed by atoms with Gasteiger partial charge in [0, 0.05) is 28.7 Å². The number of nitrogens with zero attached hydrogens (tertiary/aromatic N) is 2. The Hall–Kier alpha value is -4.71. The molecule has 1 heterocycles. The maximum atomic E-state index is 12.9. The van der Waals surface area contributed by atoms with Crippen molar-refractivity contribution in [2.24, 2.45) is 0 Å². The Bertz CT molecular complexity index is 1490. The van der Waals surface area contributed by atoms with Gasteiger partial charge < -0.3 is 16.0 Å². The standard InChI is InChI=1S/C29H25N5O/c1-19-10-12-22(13-11-19)32-27-18-28(31-20(2)30-27)33-23-14-16-24(17-15-23)34-29(35)26-9-5-7-21-6-3-4-8-25(21)26/h3-18H,1-2H3,(H,34,35)(H2,30,31,32,33). The molecule has 5 aromatic rings. The van der Waals surface area contributed by atoms with E-state index in [4.69, 9.17) is 0 Å². The van der Waals surface area contributed by atoms with E-state index in [0.717, 1.165) is 22.1 Å². The molecule has 6 heteroatoms. The van der Waals surface area contributed by atoms with Gasteiger partial charge >= 0.3 is 0 Å². The zero-order chi connectivity index (χ0) is 24.2. The molecule has 0 aliphatic carbocycles. The van der Waals surface area contributed by atoms with E-state index in [-0.39, 0.29) is 5.91 Å². The van der Waals surface area contributed by atoms with Gasteiger partial charge in [-0.15, -0.1) is 0 Å². The van der Waals surface area contributed by atoms with Gasteiger partial charge in [-0.3, -0.25) is 4.79 Å². The number of aryl methyl sites for hydroxylation is 2. The summed E-state index contributed by atoms with van der Waals surface area (Å²) in [7, 11) is 0. The van der Waals surface area contributed by atoms with E-state index in [1.165, 1.54) is 5.56 Å². The predicted octanol–water partition coefficient (Wildman–Crippen LogP) is 6.99. The van der Waals surface area contributed by atoms with Gasteiger partial charge in [0.05, 0.1) is 0 Å². The quantitative estimate of drug-likeness (QED) is 0.255. The monoisotopic (exact) mass is 459 g/mol. The maximum absolute atomic E-state index is 12.9. The second-order valence-corrected chi connectivity index (χ2v) is 8.36. The molecule has 0 aliphatic heterocycles. The van der Waals surface area contributed by atoms with Gasteiger partial charge in [0.1, 0.15) is 17.5 Å². The van der Waals surface area contributed by atoms with Crippen LogP contribution < -0.4 is 16.0 Å². The predicted molar refractivity (Wildman–Crippen MR) is 143 cm³/mol. The number of fused-ring (bicyclic) bond motifs is 1. The van der Waals surface area contributed by atoms with Crippen LogP contribution in [0.25, 0.3) is 10.8 Å². The second kappa shape index (κ2) is 9.65. The zero-order valence-corrected chi connectivity index (χ0v) is 19.5. The van der Waals surface area contributed by atoms with E-state index < -0.39 is 0 Å². The summed E-state index contributed by atoms with van der Waals surface area (Å²) in [5, 5.41) is 11.6. The van der Waals surface area contributed by atoms with Crippen molar-refractivity contribution in [3.8, 4) is 0 Å². The minimum Gasteiger partial charge on any atom is -0.340 e. The summed E-state index contributed by atoms with van der Waals surface area (Å²) < 4.78 is 0. The molecule has 0 spiro atoms. The van der Waals surface area contributed by atoms with Crippen molar-refractivity contribution in [3.63, 3.8) is 0 Å². The van der Waals surface area contributed by atoms with Crippen LogP contribution in [-0.4, -0.2) is 15.9 Å². The lowest BCUT2D eigenvalue weighted by Crippen LogP contribution is -2.12. The fourth-order valence-corrected chi connectivity index (χ4v) is 3.89. The third-order valence-corrected chi connectivity index (χ3v) is 5.61. The van der Waals surface area contributed by atoms with Crippen molar-refractivity contribution in [3.05, 3.63) is 114 Å². The fraction of sp³-hybridized carbons (Fsp3) is 0.0690. The lowest BCUT2D eigenvalue weighted by molar-refractivity contribution is 0.102. The van der Waals surface area contributed by atoms with E-state index in [1.54, 1.807) is 0 Å². The van der Waals surface area contributed by atoms with Crippen LogP contribution in [0.15, 0.2) is 97.1 Å². The van der Waals surface area contributed by atoms with Crippen LogP contribution >= 0.6 is 0 Å². The summed E-state index contributed by atoms with van der Waals surface area (Å²) in [6.07, 6.45) is 0. The van der Waals surface area contributed by atoms with E-state index in [2.05, 4.69) is 45.0 Å². The number of carbonyl (C=O) groups is 1. The topological polar surface area (TPSA) is 78.9 Å². The summed E-state index contributed by atoms with van der Waals surface area (Å²) in [4.78, 5) is 21.9. The van der Waals surface area contributed by atoms with Gasteiger partial charge in [-0.2, -0.15) is 0 Å². The second-order valence-electron chi connectivity index (χ2n) is 8.36. The molecule has 1 aromatic heterocycles. The number of benzene rings is 4.